The van der Waals surface area contributed by atoms with Crippen molar-refractivity contribution in [3.05, 3.63) is 41.0 Å². The SMILES string of the molecule is Cc1cc(Cl)c2ccccc2[n+]1C. The fourth-order valence-electron chi connectivity index (χ4n) is 1.52. The number of fused-ring (bicyclic) bond motifs is 1. The van der Waals surface area contributed by atoms with Crippen molar-refractivity contribution in [1.82, 2.24) is 0 Å². The Balaban J connectivity index is 2.97. The van der Waals surface area contributed by atoms with E-state index in [1.54, 1.807) is 0 Å². The zero-order chi connectivity index (χ0) is 9.42. The summed E-state index contributed by atoms with van der Waals surface area (Å²) in [5, 5.41) is 1.93. The third kappa shape index (κ3) is 1.29. The van der Waals surface area contributed by atoms with E-state index in [4.69, 9.17) is 11.6 Å². The Morgan fingerprint density at radius 2 is 1.92 bits per heavy atom. The molecule has 0 aliphatic rings. The highest BCUT2D eigenvalue weighted by Gasteiger charge is 2.10. The lowest BCUT2D eigenvalue weighted by atomic mass is 10.2. The number of pyridine rings is 1. The fraction of sp³-hybridized carbons (Fsp3) is 0.182. The lowest BCUT2D eigenvalue weighted by Crippen LogP contribution is -2.32. The molecule has 2 heteroatoms. The van der Waals surface area contributed by atoms with E-state index < -0.39 is 0 Å². The Bertz CT molecular complexity index is 463. The average Bonchev–Trinajstić information content (AvgIpc) is 2.15. The van der Waals surface area contributed by atoms with Gasteiger partial charge in [-0.15, -0.1) is 0 Å². The van der Waals surface area contributed by atoms with Gasteiger partial charge in [0.15, 0.2) is 5.69 Å². The molecule has 0 N–H and O–H groups in total. The van der Waals surface area contributed by atoms with E-state index in [1.807, 2.05) is 31.3 Å². The highest BCUT2D eigenvalue weighted by molar-refractivity contribution is 6.35. The first-order valence-corrected chi connectivity index (χ1v) is 4.62. The molecule has 1 aromatic carbocycles. The molecule has 13 heavy (non-hydrogen) atoms. The molecule has 0 aliphatic carbocycles. The lowest BCUT2D eigenvalue weighted by molar-refractivity contribution is -0.651. The zero-order valence-corrected chi connectivity index (χ0v) is 8.47. The highest BCUT2D eigenvalue weighted by Crippen LogP contribution is 2.20. The number of hydrogen-bond acceptors (Lipinski definition) is 0. The third-order valence-corrected chi connectivity index (χ3v) is 2.70. The Morgan fingerprint density at radius 1 is 1.23 bits per heavy atom. The monoisotopic (exact) mass is 192 g/mol. The summed E-state index contributed by atoms with van der Waals surface area (Å²) >= 11 is 6.12. The molecular weight excluding hydrogens is 182 g/mol. The molecule has 2 rings (SSSR count). The number of rotatable bonds is 0. The number of benzene rings is 1. The van der Waals surface area contributed by atoms with Crippen LogP contribution >= 0.6 is 11.6 Å². The molecule has 1 heterocycles. The van der Waals surface area contributed by atoms with Gasteiger partial charge in [-0.3, -0.25) is 0 Å². The Kier molecular flexibility index (Phi) is 1.97. The molecule has 1 aromatic heterocycles. The van der Waals surface area contributed by atoms with Gasteiger partial charge in [0.2, 0.25) is 5.52 Å². The summed E-state index contributed by atoms with van der Waals surface area (Å²) in [5.74, 6) is 0. The number of nitrogens with zero attached hydrogens (tertiary/aromatic N) is 1. The van der Waals surface area contributed by atoms with E-state index in [0.717, 1.165) is 10.4 Å². The van der Waals surface area contributed by atoms with Gasteiger partial charge in [-0.05, 0) is 6.07 Å². The summed E-state index contributed by atoms with van der Waals surface area (Å²) in [6.07, 6.45) is 0. The van der Waals surface area contributed by atoms with Crippen molar-refractivity contribution in [2.24, 2.45) is 7.05 Å². The van der Waals surface area contributed by atoms with Gasteiger partial charge in [0.1, 0.15) is 7.05 Å². The van der Waals surface area contributed by atoms with E-state index >= 15 is 0 Å². The number of aryl methyl sites for hydroxylation is 2. The van der Waals surface area contributed by atoms with E-state index in [-0.39, 0.29) is 0 Å². The average molecular weight is 193 g/mol. The van der Waals surface area contributed by atoms with Gasteiger partial charge in [-0.1, -0.05) is 23.7 Å². The van der Waals surface area contributed by atoms with Gasteiger partial charge >= 0.3 is 0 Å². The maximum absolute atomic E-state index is 6.12. The molecule has 1 nitrogen and oxygen atoms in total. The molecule has 0 spiro atoms. The molecule has 0 saturated heterocycles. The first-order valence-electron chi connectivity index (χ1n) is 4.24. The second-order valence-electron chi connectivity index (χ2n) is 3.21. The summed E-state index contributed by atoms with van der Waals surface area (Å²) in [6.45, 7) is 2.05. The lowest BCUT2D eigenvalue weighted by Gasteiger charge is -2.00. The van der Waals surface area contributed by atoms with Gasteiger partial charge < -0.3 is 0 Å². The Morgan fingerprint density at radius 3 is 2.69 bits per heavy atom. The number of halogens is 1. The molecule has 0 fully saturated rings. The molecule has 66 valence electrons. The van der Waals surface area contributed by atoms with Gasteiger partial charge in [0, 0.05) is 19.1 Å². The van der Waals surface area contributed by atoms with E-state index in [1.165, 1.54) is 11.2 Å². The second-order valence-corrected chi connectivity index (χ2v) is 3.62. The smallest absolute Gasteiger partial charge is 0.198 e. The Hall–Kier alpha value is -1.08. The standard InChI is InChI=1S/C11H11ClN/c1-8-7-10(12)9-5-3-4-6-11(9)13(8)2/h3-7H,1-2H3/q+1. The maximum atomic E-state index is 6.12. The minimum absolute atomic E-state index is 0.825. The van der Waals surface area contributed by atoms with Gasteiger partial charge in [0.05, 0.1) is 10.4 Å². The molecule has 0 aliphatic heterocycles. The zero-order valence-electron chi connectivity index (χ0n) is 7.71. The fourth-order valence-corrected chi connectivity index (χ4v) is 1.83. The van der Waals surface area contributed by atoms with E-state index in [0.29, 0.717) is 0 Å². The molecule has 0 saturated carbocycles. The summed E-state index contributed by atoms with van der Waals surface area (Å²) in [6, 6.07) is 10.1. The Labute approximate surface area is 82.6 Å². The normalized spacial score (nSPS) is 10.7. The van der Waals surface area contributed by atoms with Crippen LogP contribution in [0.2, 0.25) is 5.02 Å². The van der Waals surface area contributed by atoms with Crippen molar-refractivity contribution in [1.29, 1.82) is 0 Å². The molecule has 0 atom stereocenters. The van der Waals surface area contributed by atoms with Crippen molar-refractivity contribution in [3.63, 3.8) is 0 Å². The second kappa shape index (κ2) is 3.00. The predicted molar refractivity (Wildman–Crippen MR) is 54.9 cm³/mol. The maximum Gasteiger partial charge on any atom is 0.213 e. The summed E-state index contributed by atoms with van der Waals surface area (Å²) in [5.41, 5.74) is 2.34. The summed E-state index contributed by atoms with van der Waals surface area (Å²) in [7, 11) is 2.05. The van der Waals surface area contributed by atoms with Crippen molar-refractivity contribution < 1.29 is 4.57 Å². The number of hydrogen-bond donors (Lipinski definition) is 0. The van der Waals surface area contributed by atoms with Crippen molar-refractivity contribution in [2.45, 2.75) is 6.92 Å². The minimum atomic E-state index is 0.825. The quantitative estimate of drug-likeness (QED) is 0.565. The molecule has 2 aromatic rings. The summed E-state index contributed by atoms with van der Waals surface area (Å²) in [4.78, 5) is 0. The van der Waals surface area contributed by atoms with Crippen LogP contribution in [0.5, 0.6) is 0 Å². The van der Waals surface area contributed by atoms with Gasteiger partial charge in [-0.2, -0.15) is 4.57 Å². The van der Waals surface area contributed by atoms with Crippen LogP contribution in [0.15, 0.2) is 30.3 Å². The third-order valence-electron chi connectivity index (χ3n) is 2.39. The van der Waals surface area contributed by atoms with Crippen LogP contribution in [-0.2, 0) is 7.05 Å². The molecule has 0 unspecified atom stereocenters. The number of para-hydroxylation sites is 1. The highest BCUT2D eigenvalue weighted by atomic mass is 35.5. The van der Waals surface area contributed by atoms with Crippen LogP contribution in [0.4, 0.5) is 0 Å². The first kappa shape index (κ1) is 8.52. The molecule has 0 bridgehead atoms. The molecule has 0 radical (unpaired) electrons. The number of aromatic nitrogens is 1. The van der Waals surface area contributed by atoms with E-state index in [2.05, 4.69) is 17.6 Å². The summed E-state index contributed by atoms with van der Waals surface area (Å²) < 4.78 is 2.14. The van der Waals surface area contributed by atoms with Crippen molar-refractivity contribution in [3.8, 4) is 0 Å². The topological polar surface area (TPSA) is 3.88 Å². The van der Waals surface area contributed by atoms with Crippen LogP contribution in [0, 0.1) is 6.92 Å². The van der Waals surface area contributed by atoms with Crippen molar-refractivity contribution >= 4 is 22.5 Å². The first-order chi connectivity index (χ1) is 6.20. The van der Waals surface area contributed by atoms with Crippen LogP contribution < -0.4 is 4.57 Å². The predicted octanol–water partition coefficient (Wildman–Crippen LogP) is 2.63. The van der Waals surface area contributed by atoms with Crippen LogP contribution in [0.3, 0.4) is 0 Å². The minimum Gasteiger partial charge on any atom is -0.198 e. The largest absolute Gasteiger partial charge is 0.213 e. The van der Waals surface area contributed by atoms with Gasteiger partial charge in [-0.25, -0.2) is 0 Å². The van der Waals surface area contributed by atoms with E-state index in [9.17, 15) is 0 Å². The van der Waals surface area contributed by atoms with Crippen LogP contribution in [0.1, 0.15) is 5.69 Å². The van der Waals surface area contributed by atoms with Gasteiger partial charge in [0.25, 0.3) is 0 Å². The van der Waals surface area contributed by atoms with Crippen LogP contribution in [-0.4, -0.2) is 0 Å². The van der Waals surface area contributed by atoms with Crippen molar-refractivity contribution in [2.75, 3.05) is 0 Å². The van der Waals surface area contributed by atoms with Crippen LogP contribution in [0.25, 0.3) is 10.9 Å². The molecular formula is C11H11ClN+. The molecule has 0 amide bonds.